The molecule has 2 aliphatic heterocycles. The number of piperidine rings is 1. The van der Waals surface area contributed by atoms with Crippen molar-refractivity contribution in [1.82, 2.24) is 10.2 Å². The predicted molar refractivity (Wildman–Crippen MR) is 73.7 cm³/mol. The molecule has 4 atom stereocenters. The summed E-state index contributed by atoms with van der Waals surface area (Å²) < 4.78 is 0. The minimum Gasteiger partial charge on any atom is -0.388 e. The average molecular weight is 266 g/mol. The standard InChI is InChI=1S/C15H26N2O2/c1-15(19)8-9-17(10-15)14(18)13-7-6-11-4-2-3-5-12(11)16-13/h11-13,16,19H,2-10H2,1H3. The summed E-state index contributed by atoms with van der Waals surface area (Å²) in [6, 6.07) is 0.549. The summed E-state index contributed by atoms with van der Waals surface area (Å²) in [5.41, 5.74) is -0.683. The SMILES string of the molecule is CC1(O)CCN(C(=O)C2CCC3CCCCC3N2)C1. The van der Waals surface area contributed by atoms with Crippen LogP contribution in [-0.2, 0) is 4.79 Å². The van der Waals surface area contributed by atoms with E-state index in [0.29, 0.717) is 25.6 Å². The van der Waals surface area contributed by atoms with E-state index in [0.717, 1.165) is 12.3 Å². The number of carbonyl (C=O) groups excluding carboxylic acids is 1. The van der Waals surface area contributed by atoms with Gasteiger partial charge in [-0.1, -0.05) is 12.8 Å². The van der Waals surface area contributed by atoms with Gasteiger partial charge in [-0.05, 0) is 44.9 Å². The summed E-state index contributed by atoms with van der Waals surface area (Å²) in [6.45, 7) is 3.03. The Balaban J connectivity index is 1.59. The third-order valence-corrected chi connectivity index (χ3v) is 5.21. The molecular formula is C15H26N2O2. The van der Waals surface area contributed by atoms with E-state index >= 15 is 0 Å². The second-order valence-corrected chi connectivity index (χ2v) is 6.95. The van der Waals surface area contributed by atoms with Crippen molar-refractivity contribution in [2.24, 2.45) is 5.92 Å². The van der Waals surface area contributed by atoms with Crippen molar-refractivity contribution in [2.75, 3.05) is 13.1 Å². The number of fused-ring (bicyclic) bond motifs is 1. The van der Waals surface area contributed by atoms with E-state index in [1.807, 2.05) is 11.8 Å². The molecule has 4 nitrogen and oxygen atoms in total. The molecule has 2 heterocycles. The minimum atomic E-state index is -0.683. The molecule has 0 aromatic carbocycles. The number of amides is 1. The molecule has 3 aliphatic rings. The van der Waals surface area contributed by atoms with Crippen LogP contribution in [0.25, 0.3) is 0 Å². The molecule has 0 aromatic heterocycles. The van der Waals surface area contributed by atoms with Gasteiger partial charge in [0, 0.05) is 19.1 Å². The zero-order valence-corrected chi connectivity index (χ0v) is 11.9. The molecule has 1 saturated carbocycles. The van der Waals surface area contributed by atoms with Crippen molar-refractivity contribution in [3.8, 4) is 0 Å². The summed E-state index contributed by atoms with van der Waals surface area (Å²) >= 11 is 0. The Bertz CT molecular complexity index is 356. The third kappa shape index (κ3) is 2.79. The lowest BCUT2D eigenvalue weighted by Gasteiger charge is -2.40. The van der Waals surface area contributed by atoms with Crippen molar-refractivity contribution in [2.45, 2.75) is 69.6 Å². The third-order valence-electron chi connectivity index (χ3n) is 5.21. The molecule has 0 radical (unpaired) electrons. The normalized spacial score (nSPS) is 43.1. The summed E-state index contributed by atoms with van der Waals surface area (Å²) in [6.07, 6.45) is 8.08. The molecule has 2 N–H and O–H groups in total. The Hall–Kier alpha value is -0.610. The van der Waals surface area contributed by atoms with Gasteiger partial charge < -0.3 is 15.3 Å². The number of β-amino-alcohol motifs (C(OH)–C–C–N with tert-alkyl or cyclic N) is 1. The minimum absolute atomic E-state index is 0.00625. The van der Waals surface area contributed by atoms with E-state index in [-0.39, 0.29) is 11.9 Å². The van der Waals surface area contributed by atoms with Gasteiger partial charge in [0.1, 0.15) is 0 Å². The lowest BCUT2D eigenvalue weighted by atomic mass is 9.77. The van der Waals surface area contributed by atoms with Crippen molar-refractivity contribution >= 4 is 5.91 Å². The second kappa shape index (κ2) is 5.06. The molecule has 19 heavy (non-hydrogen) atoms. The number of hydrogen-bond donors (Lipinski definition) is 2. The molecule has 1 aliphatic carbocycles. The molecule has 0 spiro atoms. The summed E-state index contributed by atoms with van der Waals surface area (Å²) in [5, 5.41) is 13.6. The molecule has 0 bridgehead atoms. The summed E-state index contributed by atoms with van der Waals surface area (Å²) in [4.78, 5) is 14.4. The van der Waals surface area contributed by atoms with E-state index in [9.17, 15) is 9.90 Å². The lowest BCUT2D eigenvalue weighted by Crippen LogP contribution is -2.55. The van der Waals surface area contributed by atoms with Crippen LogP contribution in [0.1, 0.15) is 51.9 Å². The van der Waals surface area contributed by atoms with Gasteiger partial charge >= 0.3 is 0 Å². The fraction of sp³-hybridized carbons (Fsp3) is 0.933. The number of nitrogens with one attached hydrogen (secondary N) is 1. The van der Waals surface area contributed by atoms with Crippen LogP contribution in [0.3, 0.4) is 0 Å². The van der Waals surface area contributed by atoms with Gasteiger partial charge in [-0.25, -0.2) is 0 Å². The van der Waals surface area contributed by atoms with Crippen LogP contribution >= 0.6 is 0 Å². The fourth-order valence-electron chi connectivity index (χ4n) is 4.04. The Morgan fingerprint density at radius 3 is 2.79 bits per heavy atom. The first kappa shape index (κ1) is 13.4. The number of likely N-dealkylation sites (tertiary alicyclic amines) is 1. The molecular weight excluding hydrogens is 240 g/mol. The first-order valence-corrected chi connectivity index (χ1v) is 7.82. The van der Waals surface area contributed by atoms with E-state index in [4.69, 9.17) is 0 Å². The van der Waals surface area contributed by atoms with Crippen molar-refractivity contribution in [3.63, 3.8) is 0 Å². The van der Waals surface area contributed by atoms with Crippen LogP contribution in [0, 0.1) is 5.92 Å². The van der Waals surface area contributed by atoms with E-state index < -0.39 is 5.60 Å². The highest BCUT2D eigenvalue weighted by molar-refractivity contribution is 5.82. The van der Waals surface area contributed by atoms with Gasteiger partial charge in [0.25, 0.3) is 0 Å². The predicted octanol–water partition coefficient (Wildman–Crippen LogP) is 1.28. The maximum absolute atomic E-state index is 12.5. The Labute approximate surface area is 115 Å². The van der Waals surface area contributed by atoms with Crippen molar-refractivity contribution in [1.29, 1.82) is 0 Å². The molecule has 3 rings (SSSR count). The number of rotatable bonds is 1. The highest BCUT2D eigenvalue weighted by Crippen LogP contribution is 2.33. The zero-order chi connectivity index (χ0) is 13.5. The fourth-order valence-corrected chi connectivity index (χ4v) is 4.04. The topological polar surface area (TPSA) is 52.6 Å². The second-order valence-electron chi connectivity index (χ2n) is 6.95. The van der Waals surface area contributed by atoms with Crippen LogP contribution in [0.4, 0.5) is 0 Å². The molecule has 108 valence electrons. The van der Waals surface area contributed by atoms with Crippen LogP contribution in [-0.4, -0.2) is 46.7 Å². The number of aliphatic hydroxyl groups is 1. The number of nitrogens with zero attached hydrogens (tertiary/aromatic N) is 1. The monoisotopic (exact) mass is 266 g/mol. The van der Waals surface area contributed by atoms with Crippen LogP contribution in [0.15, 0.2) is 0 Å². The molecule has 4 heteroatoms. The number of hydrogen-bond acceptors (Lipinski definition) is 3. The van der Waals surface area contributed by atoms with E-state index in [1.165, 1.54) is 32.1 Å². The van der Waals surface area contributed by atoms with Gasteiger partial charge in [-0.15, -0.1) is 0 Å². The highest BCUT2D eigenvalue weighted by Gasteiger charge is 2.40. The Morgan fingerprint density at radius 2 is 2.05 bits per heavy atom. The molecule has 3 fully saturated rings. The largest absolute Gasteiger partial charge is 0.388 e. The summed E-state index contributed by atoms with van der Waals surface area (Å²) in [7, 11) is 0. The summed E-state index contributed by atoms with van der Waals surface area (Å²) in [5.74, 6) is 1.00. The van der Waals surface area contributed by atoms with Gasteiger partial charge in [0.15, 0.2) is 0 Å². The van der Waals surface area contributed by atoms with Gasteiger partial charge in [-0.2, -0.15) is 0 Å². The Morgan fingerprint density at radius 1 is 1.26 bits per heavy atom. The quantitative estimate of drug-likeness (QED) is 0.752. The van der Waals surface area contributed by atoms with E-state index in [1.54, 1.807) is 0 Å². The van der Waals surface area contributed by atoms with Gasteiger partial charge in [-0.3, -0.25) is 4.79 Å². The van der Waals surface area contributed by atoms with Crippen molar-refractivity contribution < 1.29 is 9.90 Å². The van der Waals surface area contributed by atoms with Crippen LogP contribution in [0.2, 0.25) is 0 Å². The van der Waals surface area contributed by atoms with E-state index in [2.05, 4.69) is 5.32 Å². The number of carbonyl (C=O) groups is 1. The Kier molecular flexibility index (Phi) is 3.56. The molecule has 0 aromatic rings. The van der Waals surface area contributed by atoms with Crippen LogP contribution < -0.4 is 5.32 Å². The molecule has 4 unspecified atom stereocenters. The smallest absolute Gasteiger partial charge is 0.239 e. The van der Waals surface area contributed by atoms with Gasteiger partial charge in [0.05, 0.1) is 11.6 Å². The first-order chi connectivity index (χ1) is 9.05. The highest BCUT2D eigenvalue weighted by atomic mass is 16.3. The van der Waals surface area contributed by atoms with Crippen molar-refractivity contribution in [3.05, 3.63) is 0 Å². The molecule has 2 saturated heterocycles. The zero-order valence-electron chi connectivity index (χ0n) is 11.9. The van der Waals surface area contributed by atoms with Crippen LogP contribution in [0.5, 0.6) is 0 Å². The first-order valence-electron chi connectivity index (χ1n) is 7.82. The lowest BCUT2D eigenvalue weighted by molar-refractivity contribution is -0.134. The molecule has 1 amide bonds. The van der Waals surface area contributed by atoms with Gasteiger partial charge in [0.2, 0.25) is 5.91 Å². The maximum Gasteiger partial charge on any atom is 0.239 e. The average Bonchev–Trinajstić information content (AvgIpc) is 2.78. The maximum atomic E-state index is 12.5.